The van der Waals surface area contributed by atoms with Gasteiger partial charge < -0.3 is 9.47 Å². The van der Waals surface area contributed by atoms with Gasteiger partial charge in [0.25, 0.3) is 0 Å². The van der Waals surface area contributed by atoms with Crippen LogP contribution in [0.4, 0.5) is 13.2 Å². The molecular formula is C18H13F3INO2. The zero-order valence-corrected chi connectivity index (χ0v) is 15.3. The molecule has 3 nitrogen and oxygen atoms in total. The summed E-state index contributed by atoms with van der Waals surface area (Å²) in [6.07, 6.45) is -4.47. The van der Waals surface area contributed by atoms with E-state index in [1.807, 2.05) is 28.7 Å². The third-order valence-corrected chi connectivity index (χ3v) is 4.29. The van der Waals surface area contributed by atoms with E-state index in [2.05, 4.69) is 0 Å². The molecule has 0 aliphatic rings. The molecule has 0 amide bonds. The van der Waals surface area contributed by atoms with Gasteiger partial charge in [-0.25, -0.2) is 0 Å². The Morgan fingerprint density at radius 3 is 2.32 bits per heavy atom. The van der Waals surface area contributed by atoms with Gasteiger partial charge in [0.05, 0.1) is 22.3 Å². The van der Waals surface area contributed by atoms with Crippen molar-refractivity contribution in [3.05, 3.63) is 65.2 Å². The fraction of sp³-hybridized carbons (Fsp3) is 0.167. The largest absolute Gasteiger partial charge is 0.497 e. The predicted octanol–water partition coefficient (Wildman–Crippen LogP) is 5.41. The van der Waals surface area contributed by atoms with E-state index in [1.54, 1.807) is 48.5 Å². The summed E-state index contributed by atoms with van der Waals surface area (Å²) in [7, 11) is 1.50. The van der Waals surface area contributed by atoms with Crippen molar-refractivity contribution in [2.45, 2.75) is 6.18 Å². The van der Waals surface area contributed by atoms with Crippen molar-refractivity contribution in [3.63, 3.8) is 0 Å². The Bertz CT molecular complexity index is 808. The normalized spacial score (nSPS) is 12.2. The van der Waals surface area contributed by atoms with Crippen LogP contribution in [-0.2, 0) is 4.74 Å². The van der Waals surface area contributed by atoms with E-state index < -0.39 is 12.8 Å². The smallest absolute Gasteiger partial charge is 0.422 e. The van der Waals surface area contributed by atoms with Crippen LogP contribution in [0.2, 0.25) is 0 Å². The van der Waals surface area contributed by atoms with Crippen LogP contribution in [-0.4, -0.2) is 19.9 Å². The summed E-state index contributed by atoms with van der Waals surface area (Å²) < 4.78 is 48.5. The molecule has 0 aliphatic heterocycles. The Hall–Kier alpha value is -2.21. The zero-order valence-electron chi connectivity index (χ0n) is 13.1. The standard InChI is InChI=1S/C18H13F3INO2/c1-24-14-8-6-12(7-9-14)17(25-11-18(19,20)21)16(22)15-5-3-2-4-13(15)10-23/h2-9H,11H2,1H3. The molecule has 130 valence electrons. The number of nitrogens with zero attached hydrogens (tertiary/aromatic N) is 1. The van der Waals surface area contributed by atoms with Gasteiger partial charge >= 0.3 is 6.18 Å². The van der Waals surface area contributed by atoms with E-state index in [-0.39, 0.29) is 5.76 Å². The maximum Gasteiger partial charge on any atom is 0.422 e. The number of ether oxygens (including phenoxy) is 2. The molecule has 0 bridgehead atoms. The Kier molecular flexibility index (Phi) is 6.31. The molecule has 0 heterocycles. The van der Waals surface area contributed by atoms with Gasteiger partial charge in [-0.3, -0.25) is 0 Å². The highest BCUT2D eigenvalue weighted by molar-refractivity contribution is 14.1. The van der Waals surface area contributed by atoms with E-state index in [4.69, 9.17) is 9.47 Å². The van der Waals surface area contributed by atoms with Crippen molar-refractivity contribution in [1.82, 2.24) is 0 Å². The average molecular weight is 459 g/mol. The molecule has 0 aromatic heterocycles. The molecule has 2 rings (SSSR count). The summed E-state index contributed by atoms with van der Waals surface area (Å²) >= 11 is 1.90. The summed E-state index contributed by atoms with van der Waals surface area (Å²) in [4.78, 5) is 0. The van der Waals surface area contributed by atoms with Gasteiger partial charge in [0, 0.05) is 11.1 Å². The second-order valence-electron chi connectivity index (χ2n) is 4.93. The lowest BCUT2D eigenvalue weighted by Gasteiger charge is -2.16. The van der Waals surface area contributed by atoms with Crippen LogP contribution in [0.5, 0.6) is 5.75 Å². The molecule has 0 fully saturated rings. The predicted molar refractivity (Wildman–Crippen MR) is 97.0 cm³/mol. The quantitative estimate of drug-likeness (QED) is 0.342. The van der Waals surface area contributed by atoms with Crippen LogP contribution in [0.3, 0.4) is 0 Å². The van der Waals surface area contributed by atoms with Crippen LogP contribution < -0.4 is 4.74 Å². The minimum atomic E-state index is -4.47. The van der Waals surface area contributed by atoms with Crippen LogP contribution in [0.1, 0.15) is 16.7 Å². The first-order valence-electron chi connectivity index (χ1n) is 7.09. The lowest BCUT2D eigenvalue weighted by atomic mass is 10.1. The van der Waals surface area contributed by atoms with Crippen LogP contribution in [0, 0.1) is 11.3 Å². The fourth-order valence-electron chi connectivity index (χ4n) is 2.06. The van der Waals surface area contributed by atoms with Gasteiger partial charge in [0.2, 0.25) is 0 Å². The molecule has 2 aromatic carbocycles. The molecule has 0 unspecified atom stereocenters. The van der Waals surface area contributed by atoms with Gasteiger partial charge in [-0.05, 0) is 52.9 Å². The van der Waals surface area contributed by atoms with Crippen LogP contribution >= 0.6 is 22.6 Å². The van der Waals surface area contributed by atoms with E-state index in [0.717, 1.165) is 0 Å². The first-order chi connectivity index (χ1) is 11.9. The Balaban J connectivity index is 2.54. The van der Waals surface area contributed by atoms with Gasteiger partial charge in [0.1, 0.15) is 11.5 Å². The SMILES string of the molecule is COc1ccc(C(OCC(F)(F)F)=C(I)c2ccccc2C#N)cc1. The molecular weight excluding hydrogens is 446 g/mol. The van der Waals surface area contributed by atoms with E-state index in [1.165, 1.54) is 7.11 Å². The van der Waals surface area contributed by atoms with E-state index in [9.17, 15) is 18.4 Å². The average Bonchev–Trinajstić information content (AvgIpc) is 2.61. The highest BCUT2D eigenvalue weighted by atomic mass is 127. The number of rotatable bonds is 5. The second kappa shape index (κ2) is 8.25. The van der Waals surface area contributed by atoms with Gasteiger partial charge in [0.15, 0.2) is 6.61 Å². The second-order valence-corrected chi connectivity index (χ2v) is 6.01. The van der Waals surface area contributed by atoms with Crippen molar-refractivity contribution in [1.29, 1.82) is 5.26 Å². The van der Waals surface area contributed by atoms with Gasteiger partial charge in [-0.1, -0.05) is 18.2 Å². The Morgan fingerprint density at radius 1 is 1.12 bits per heavy atom. The monoisotopic (exact) mass is 459 g/mol. The number of halogens is 4. The Morgan fingerprint density at radius 2 is 1.76 bits per heavy atom. The third kappa shape index (κ3) is 5.13. The first kappa shape index (κ1) is 19.1. The lowest BCUT2D eigenvalue weighted by Crippen LogP contribution is -2.16. The number of benzene rings is 2. The van der Waals surface area contributed by atoms with Crippen molar-refractivity contribution in [2.24, 2.45) is 0 Å². The molecule has 0 N–H and O–H groups in total. The topological polar surface area (TPSA) is 42.2 Å². The summed E-state index contributed by atoms with van der Waals surface area (Å²) in [5.41, 5.74) is 1.33. The molecule has 0 aliphatic carbocycles. The lowest BCUT2D eigenvalue weighted by molar-refractivity contribution is -0.158. The summed E-state index contributed by atoms with van der Waals surface area (Å²) in [6.45, 7) is -1.42. The highest BCUT2D eigenvalue weighted by Gasteiger charge is 2.29. The summed E-state index contributed by atoms with van der Waals surface area (Å²) in [5, 5.41) is 9.23. The van der Waals surface area contributed by atoms with Crippen LogP contribution in [0.25, 0.3) is 9.34 Å². The Labute approximate surface area is 156 Å². The molecule has 7 heteroatoms. The maximum atomic E-state index is 12.6. The van der Waals surface area contributed by atoms with Crippen molar-refractivity contribution in [3.8, 4) is 11.8 Å². The highest BCUT2D eigenvalue weighted by Crippen LogP contribution is 2.35. The summed E-state index contributed by atoms with van der Waals surface area (Å²) in [5.74, 6) is 0.634. The number of nitriles is 1. The molecule has 0 saturated carbocycles. The molecule has 0 spiro atoms. The zero-order chi connectivity index (χ0) is 18.4. The van der Waals surface area contributed by atoms with E-state index >= 15 is 0 Å². The molecule has 0 radical (unpaired) electrons. The molecule has 25 heavy (non-hydrogen) atoms. The summed E-state index contributed by atoms with van der Waals surface area (Å²) in [6, 6.07) is 15.2. The van der Waals surface area contributed by atoms with Crippen molar-refractivity contribution in [2.75, 3.05) is 13.7 Å². The number of alkyl halides is 3. The van der Waals surface area contributed by atoms with Crippen LogP contribution in [0.15, 0.2) is 48.5 Å². The minimum Gasteiger partial charge on any atom is -0.497 e. The minimum absolute atomic E-state index is 0.0586. The number of hydrogen-bond acceptors (Lipinski definition) is 3. The van der Waals surface area contributed by atoms with Gasteiger partial charge in [-0.2, -0.15) is 18.4 Å². The molecule has 0 atom stereocenters. The van der Waals surface area contributed by atoms with Crippen molar-refractivity contribution >= 4 is 31.9 Å². The third-order valence-electron chi connectivity index (χ3n) is 3.22. The van der Waals surface area contributed by atoms with E-state index in [0.29, 0.717) is 26.0 Å². The van der Waals surface area contributed by atoms with Gasteiger partial charge in [-0.15, -0.1) is 0 Å². The fourth-order valence-corrected chi connectivity index (χ4v) is 3.00. The molecule has 2 aromatic rings. The molecule has 0 saturated heterocycles. The maximum absolute atomic E-state index is 12.6. The first-order valence-corrected chi connectivity index (χ1v) is 8.17. The number of methoxy groups -OCH3 is 1. The van der Waals surface area contributed by atoms with Crippen molar-refractivity contribution < 1.29 is 22.6 Å². The number of hydrogen-bond donors (Lipinski definition) is 0.